The van der Waals surface area contributed by atoms with Crippen LogP contribution in [0.25, 0.3) is 6.08 Å². The van der Waals surface area contributed by atoms with Crippen LogP contribution in [0.5, 0.6) is 0 Å². The molecule has 6 nitrogen and oxygen atoms in total. The van der Waals surface area contributed by atoms with Gasteiger partial charge in [-0.1, -0.05) is 24.3 Å². The third kappa shape index (κ3) is 4.18. The van der Waals surface area contributed by atoms with Crippen molar-refractivity contribution in [3.8, 4) is 0 Å². The van der Waals surface area contributed by atoms with Crippen LogP contribution in [0.2, 0.25) is 0 Å². The van der Waals surface area contributed by atoms with Gasteiger partial charge in [-0.05, 0) is 70.2 Å². The minimum Gasteiger partial charge on any atom is -0.478 e. The van der Waals surface area contributed by atoms with Gasteiger partial charge in [0.05, 0.1) is 21.8 Å². The van der Waals surface area contributed by atoms with Crippen LogP contribution in [-0.4, -0.2) is 22.2 Å². The Balaban J connectivity index is 1.77. The Bertz CT molecular complexity index is 1150. The van der Waals surface area contributed by atoms with E-state index >= 15 is 0 Å². The van der Waals surface area contributed by atoms with E-state index in [0.29, 0.717) is 31.9 Å². The summed E-state index contributed by atoms with van der Waals surface area (Å²) in [6, 6.07) is 18.9. The first-order valence-electron chi connectivity index (χ1n) is 8.48. The standard InChI is InChI=1S/C21H13BrN2O4S/c22-18-10-9-16(28-18)12-17-19(25)24(15-7-2-1-3-8-15)21(29-17)23-14-6-4-5-13(11-14)20(26)27/h1-12H,(H,26,27)/b17-12+,23-21?. The van der Waals surface area contributed by atoms with E-state index in [1.807, 2.05) is 30.3 Å². The summed E-state index contributed by atoms with van der Waals surface area (Å²) in [6.45, 7) is 0. The van der Waals surface area contributed by atoms with Gasteiger partial charge in [-0.15, -0.1) is 0 Å². The third-order valence-corrected chi connectivity index (χ3v) is 5.40. The van der Waals surface area contributed by atoms with Crippen molar-refractivity contribution in [1.29, 1.82) is 0 Å². The molecule has 8 heteroatoms. The number of halogens is 1. The number of thioether (sulfide) groups is 1. The van der Waals surface area contributed by atoms with Gasteiger partial charge < -0.3 is 9.52 Å². The number of hydrogen-bond acceptors (Lipinski definition) is 5. The number of nitrogens with zero attached hydrogens (tertiary/aromatic N) is 2. The van der Waals surface area contributed by atoms with E-state index in [0.717, 1.165) is 0 Å². The highest BCUT2D eigenvalue weighted by Gasteiger charge is 2.35. The number of carbonyl (C=O) groups excluding carboxylic acids is 1. The Hall–Kier alpha value is -3.10. The van der Waals surface area contributed by atoms with E-state index in [2.05, 4.69) is 20.9 Å². The minimum atomic E-state index is -1.04. The van der Waals surface area contributed by atoms with Crippen molar-refractivity contribution in [2.45, 2.75) is 0 Å². The maximum atomic E-state index is 13.1. The van der Waals surface area contributed by atoms with E-state index in [1.54, 1.807) is 30.3 Å². The quantitative estimate of drug-likeness (QED) is 0.507. The highest BCUT2D eigenvalue weighted by molar-refractivity contribution is 9.10. The first kappa shape index (κ1) is 19.2. The monoisotopic (exact) mass is 468 g/mol. The summed E-state index contributed by atoms with van der Waals surface area (Å²) in [5.74, 6) is -0.733. The van der Waals surface area contributed by atoms with Crippen molar-refractivity contribution in [2.24, 2.45) is 4.99 Å². The molecule has 0 saturated carbocycles. The molecule has 2 heterocycles. The van der Waals surface area contributed by atoms with E-state index in [9.17, 15) is 14.7 Å². The number of amidine groups is 1. The van der Waals surface area contributed by atoms with Crippen molar-refractivity contribution in [3.63, 3.8) is 0 Å². The molecule has 1 fully saturated rings. The van der Waals surface area contributed by atoms with Gasteiger partial charge in [-0.3, -0.25) is 9.69 Å². The zero-order valence-corrected chi connectivity index (χ0v) is 17.2. The lowest BCUT2D eigenvalue weighted by Gasteiger charge is -2.15. The highest BCUT2D eigenvalue weighted by atomic mass is 79.9. The Kier molecular flexibility index (Phi) is 5.37. The number of furan rings is 1. The maximum Gasteiger partial charge on any atom is 0.335 e. The number of carbonyl (C=O) groups is 2. The number of aromatic carboxylic acids is 1. The van der Waals surface area contributed by atoms with Gasteiger partial charge in [0, 0.05) is 6.08 Å². The van der Waals surface area contributed by atoms with Gasteiger partial charge in [0.25, 0.3) is 5.91 Å². The first-order valence-corrected chi connectivity index (χ1v) is 10.1. The fraction of sp³-hybridized carbons (Fsp3) is 0. The Morgan fingerprint density at radius 3 is 2.59 bits per heavy atom. The number of anilines is 1. The molecule has 1 saturated heterocycles. The lowest BCUT2D eigenvalue weighted by atomic mass is 10.2. The fourth-order valence-corrected chi connectivity index (χ4v) is 4.01. The molecule has 1 aliphatic rings. The zero-order valence-electron chi connectivity index (χ0n) is 14.8. The van der Waals surface area contributed by atoms with Gasteiger partial charge in [-0.2, -0.15) is 0 Å². The summed E-state index contributed by atoms with van der Waals surface area (Å²) >= 11 is 4.45. The second-order valence-electron chi connectivity index (χ2n) is 5.98. The van der Waals surface area contributed by atoms with Gasteiger partial charge in [-0.25, -0.2) is 9.79 Å². The van der Waals surface area contributed by atoms with E-state index in [1.165, 1.54) is 28.8 Å². The summed E-state index contributed by atoms with van der Waals surface area (Å²) in [6.07, 6.45) is 1.66. The smallest absolute Gasteiger partial charge is 0.335 e. The third-order valence-electron chi connectivity index (χ3n) is 4.01. The number of benzene rings is 2. The average molecular weight is 469 g/mol. The molecule has 4 rings (SSSR count). The van der Waals surface area contributed by atoms with Gasteiger partial charge in [0.1, 0.15) is 5.76 Å². The summed E-state index contributed by atoms with van der Waals surface area (Å²) < 4.78 is 6.05. The molecule has 0 bridgehead atoms. The van der Waals surface area contributed by atoms with Crippen molar-refractivity contribution >= 4 is 62.2 Å². The summed E-state index contributed by atoms with van der Waals surface area (Å²) in [4.78, 5) is 30.8. The lowest BCUT2D eigenvalue weighted by Crippen LogP contribution is -2.28. The lowest BCUT2D eigenvalue weighted by molar-refractivity contribution is -0.113. The van der Waals surface area contributed by atoms with Crippen molar-refractivity contribution < 1.29 is 19.1 Å². The molecule has 1 aromatic heterocycles. The number of carboxylic acids is 1. The van der Waals surface area contributed by atoms with Crippen molar-refractivity contribution in [1.82, 2.24) is 0 Å². The van der Waals surface area contributed by atoms with Crippen LogP contribution in [0.15, 0.2) is 85.7 Å². The number of hydrogen-bond donors (Lipinski definition) is 1. The largest absolute Gasteiger partial charge is 0.478 e. The number of aliphatic imine (C=N–C) groups is 1. The molecule has 0 aliphatic carbocycles. The summed E-state index contributed by atoms with van der Waals surface area (Å²) in [5, 5.41) is 9.64. The Morgan fingerprint density at radius 1 is 1.10 bits per heavy atom. The van der Waals surface area contributed by atoms with Crippen LogP contribution in [0, 0.1) is 0 Å². The molecule has 0 atom stereocenters. The predicted octanol–water partition coefficient (Wildman–Crippen LogP) is 5.55. The number of amides is 1. The molecule has 1 N–H and O–H groups in total. The fourth-order valence-electron chi connectivity index (χ4n) is 2.71. The molecule has 144 valence electrons. The predicted molar refractivity (Wildman–Crippen MR) is 116 cm³/mol. The molecule has 2 aromatic carbocycles. The van der Waals surface area contributed by atoms with Gasteiger partial charge in [0.2, 0.25) is 0 Å². The molecular weight excluding hydrogens is 456 g/mol. The van der Waals surface area contributed by atoms with Gasteiger partial charge >= 0.3 is 5.97 Å². The van der Waals surface area contributed by atoms with Crippen molar-refractivity contribution in [2.75, 3.05) is 4.90 Å². The van der Waals surface area contributed by atoms with Crippen LogP contribution in [0.4, 0.5) is 11.4 Å². The number of carboxylic acid groups (broad SMARTS) is 1. The molecule has 0 unspecified atom stereocenters. The van der Waals surface area contributed by atoms with Crippen LogP contribution in [0.3, 0.4) is 0 Å². The Labute approximate surface area is 178 Å². The summed E-state index contributed by atoms with van der Waals surface area (Å²) in [5.41, 5.74) is 1.24. The number of para-hydroxylation sites is 1. The van der Waals surface area contributed by atoms with Gasteiger partial charge in [0.15, 0.2) is 9.84 Å². The molecule has 3 aromatic rings. The van der Waals surface area contributed by atoms with Crippen molar-refractivity contribution in [3.05, 3.63) is 87.6 Å². The van der Waals surface area contributed by atoms with Crippen LogP contribution in [0.1, 0.15) is 16.1 Å². The van der Waals surface area contributed by atoms with E-state index < -0.39 is 5.97 Å². The average Bonchev–Trinajstić information content (AvgIpc) is 3.26. The summed E-state index contributed by atoms with van der Waals surface area (Å²) in [7, 11) is 0. The van der Waals surface area contributed by atoms with Crippen LogP contribution < -0.4 is 4.90 Å². The van der Waals surface area contributed by atoms with Crippen LogP contribution >= 0.6 is 27.7 Å². The SMILES string of the molecule is O=C(O)c1cccc(N=C2S/C(=C/c3ccc(Br)o3)C(=O)N2c2ccccc2)c1. The molecule has 0 radical (unpaired) electrons. The normalized spacial score (nSPS) is 16.7. The second kappa shape index (κ2) is 8.10. The molecule has 0 spiro atoms. The highest BCUT2D eigenvalue weighted by Crippen LogP contribution is 2.37. The topological polar surface area (TPSA) is 83.1 Å². The maximum absolute atomic E-state index is 13.1. The van der Waals surface area contributed by atoms with E-state index in [4.69, 9.17) is 4.42 Å². The number of rotatable bonds is 4. The second-order valence-corrected chi connectivity index (χ2v) is 7.77. The minimum absolute atomic E-state index is 0.128. The molecule has 29 heavy (non-hydrogen) atoms. The van der Waals surface area contributed by atoms with Crippen LogP contribution in [-0.2, 0) is 4.79 Å². The molecular formula is C21H13BrN2O4S. The molecule has 1 aliphatic heterocycles. The molecule has 1 amide bonds. The van der Waals surface area contributed by atoms with E-state index in [-0.39, 0.29) is 11.5 Å². The first-order chi connectivity index (χ1) is 14.0. The Morgan fingerprint density at radius 2 is 1.90 bits per heavy atom. The zero-order chi connectivity index (χ0) is 20.4.